The number of allylic oxidation sites excluding steroid dienone is 2. The second-order valence-corrected chi connectivity index (χ2v) is 5.81. The first-order valence-corrected chi connectivity index (χ1v) is 6.95. The smallest absolute Gasteiger partial charge is 0.307 e. The Morgan fingerprint density at radius 2 is 1.90 bits per heavy atom. The number of hydrogen-bond donors (Lipinski definition) is 2. The predicted molar refractivity (Wildman–Crippen MR) is 75.1 cm³/mol. The molecule has 21 heavy (non-hydrogen) atoms. The number of anilines is 1. The van der Waals surface area contributed by atoms with Crippen LogP contribution in [0, 0.1) is 36.4 Å². The lowest BCUT2D eigenvalue weighted by molar-refractivity contribution is -0.146. The molecule has 110 valence electrons. The molecule has 2 aliphatic carbocycles. The van der Waals surface area contributed by atoms with Crippen molar-refractivity contribution in [1.82, 2.24) is 0 Å². The fourth-order valence-corrected chi connectivity index (χ4v) is 3.47. The fraction of sp³-hybridized carbons (Fsp3) is 0.375. The normalized spacial score (nSPS) is 29.6. The summed E-state index contributed by atoms with van der Waals surface area (Å²) >= 11 is 0. The van der Waals surface area contributed by atoms with Gasteiger partial charge in [0.15, 0.2) is 0 Å². The third kappa shape index (κ3) is 2.33. The van der Waals surface area contributed by atoms with Crippen molar-refractivity contribution in [2.45, 2.75) is 13.3 Å². The third-order valence-electron chi connectivity index (χ3n) is 4.43. The van der Waals surface area contributed by atoms with Gasteiger partial charge < -0.3 is 10.4 Å². The number of aliphatic carboxylic acids is 1. The Hall–Kier alpha value is -2.17. The highest BCUT2D eigenvalue weighted by Crippen LogP contribution is 2.48. The molecule has 1 amide bonds. The highest BCUT2D eigenvalue weighted by Gasteiger charge is 2.51. The van der Waals surface area contributed by atoms with Crippen LogP contribution >= 0.6 is 0 Å². The van der Waals surface area contributed by atoms with E-state index in [9.17, 15) is 19.1 Å². The highest BCUT2D eigenvalue weighted by atomic mass is 19.1. The van der Waals surface area contributed by atoms with E-state index in [4.69, 9.17) is 0 Å². The number of hydrogen-bond acceptors (Lipinski definition) is 2. The minimum Gasteiger partial charge on any atom is -0.481 e. The molecule has 5 heteroatoms. The zero-order valence-electron chi connectivity index (χ0n) is 11.5. The van der Waals surface area contributed by atoms with Gasteiger partial charge in [-0.2, -0.15) is 0 Å². The Labute approximate surface area is 121 Å². The number of nitrogens with one attached hydrogen (secondary N) is 1. The summed E-state index contributed by atoms with van der Waals surface area (Å²) in [5.74, 6) is -3.39. The molecule has 2 aliphatic rings. The van der Waals surface area contributed by atoms with Crippen molar-refractivity contribution in [1.29, 1.82) is 0 Å². The number of rotatable bonds is 3. The Morgan fingerprint density at radius 1 is 1.24 bits per heavy atom. The van der Waals surface area contributed by atoms with E-state index in [2.05, 4.69) is 5.32 Å². The van der Waals surface area contributed by atoms with E-state index in [-0.39, 0.29) is 17.5 Å². The molecule has 0 saturated heterocycles. The average molecular weight is 289 g/mol. The van der Waals surface area contributed by atoms with Gasteiger partial charge in [0.25, 0.3) is 0 Å². The summed E-state index contributed by atoms with van der Waals surface area (Å²) in [6.07, 6.45) is 4.47. The van der Waals surface area contributed by atoms with Gasteiger partial charge in [-0.05, 0) is 42.9 Å². The SMILES string of the molecule is Cc1ccc(F)c(NC(=O)[C@H]2C3C=CC(C3)[C@H]2C(=O)O)c1. The Kier molecular flexibility index (Phi) is 3.27. The topological polar surface area (TPSA) is 66.4 Å². The van der Waals surface area contributed by atoms with E-state index in [0.29, 0.717) is 6.42 Å². The maximum atomic E-state index is 13.7. The summed E-state index contributed by atoms with van der Waals surface area (Å²) in [6, 6.07) is 4.46. The molecular weight excluding hydrogens is 273 g/mol. The van der Waals surface area contributed by atoms with Crippen molar-refractivity contribution < 1.29 is 19.1 Å². The van der Waals surface area contributed by atoms with Crippen LogP contribution in [0.2, 0.25) is 0 Å². The Balaban J connectivity index is 1.83. The van der Waals surface area contributed by atoms with Crippen LogP contribution in [-0.4, -0.2) is 17.0 Å². The van der Waals surface area contributed by atoms with Crippen molar-refractivity contribution in [2.75, 3.05) is 5.32 Å². The predicted octanol–water partition coefficient (Wildman–Crippen LogP) is 2.60. The monoisotopic (exact) mass is 289 g/mol. The summed E-state index contributed by atoms with van der Waals surface area (Å²) in [4.78, 5) is 23.8. The standard InChI is InChI=1S/C16H16FNO3/c1-8-2-5-11(17)12(6-8)18-15(19)13-9-3-4-10(7-9)14(13)16(20)21/h2-6,9-10,13-14H,7H2,1H3,(H,18,19)(H,20,21)/t9?,10?,13-,14+/m0/s1. The van der Waals surface area contributed by atoms with Crippen molar-refractivity contribution in [2.24, 2.45) is 23.7 Å². The highest BCUT2D eigenvalue weighted by molar-refractivity contribution is 5.96. The Bertz CT molecular complexity index is 640. The summed E-state index contributed by atoms with van der Waals surface area (Å²) in [5, 5.41) is 11.9. The van der Waals surface area contributed by atoms with Crippen LogP contribution < -0.4 is 5.32 Å². The van der Waals surface area contributed by atoms with Gasteiger partial charge in [-0.15, -0.1) is 0 Å². The van der Waals surface area contributed by atoms with E-state index in [1.54, 1.807) is 19.1 Å². The van der Waals surface area contributed by atoms with Gasteiger partial charge in [-0.1, -0.05) is 18.2 Å². The molecule has 0 radical (unpaired) electrons. The molecular formula is C16H16FNO3. The molecule has 0 aliphatic heterocycles. The molecule has 1 aromatic carbocycles. The number of amides is 1. The van der Waals surface area contributed by atoms with Crippen LogP contribution in [-0.2, 0) is 9.59 Å². The second kappa shape index (κ2) is 4.98. The minimum absolute atomic E-state index is 0.0658. The number of aryl methyl sites for hydroxylation is 1. The van der Waals surface area contributed by atoms with Gasteiger partial charge in [0, 0.05) is 0 Å². The molecule has 1 aromatic rings. The zero-order valence-corrected chi connectivity index (χ0v) is 11.5. The molecule has 4 nitrogen and oxygen atoms in total. The van der Waals surface area contributed by atoms with Gasteiger partial charge in [0.1, 0.15) is 5.82 Å². The molecule has 0 aromatic heterocycles. The maximum absolute atomic E-state index is 13.7. The lowest BCUT2D eigenvalue weighted by Gasteiger charge is -2.24. The van der Waals surface area contributed by atoms with Crippen molar-refractivity contribution >= 4 is 17.6 Å². The fourth-order valence-electron chi connectivity index (χ4n) is 3.47. The molecule has 0 spiro atoms. The van der Waals surface area contributed by atoms with E-state index >= 15 is 0 Å². The second-order valence-electron chi connectivity index (χ2n) is 5.81. The number of halogens is 1. The largest absolute Gasteiger partial charge is 0.481 e. The first kappa shape index (κ1) is 13.8. The summed E-state index contributed by atoms with van der Waals surface area (Å²) in [5.41, 5.74) is 0.935. The summed E-state index contributed by atoms with van der Waals surface area (Å²) in [6.45, 7) is 1.80. The summed E-state index contributed by atoms with van der Waals surface area (Å²) < 4.78 is 13.7. The van der Waals surface area contributed by atoms with Crippen LogP contribution in [0.4, 0.5) is 10.1 Å². The van der Waals surface area contributed by atoms with E-state index in [1.165, 1.54) is 6.07 Å². The van der Waals surface area contributed by atoms with Crippen LogP contribution in [0.3, 0.4) is 0 Å². The number of carbonyl (C=O) groups is 2. The molecule has 3 rings (SSSR count). The summed E-state index contributed by atoms with van der Waals surface area (Å²) in [7, 11) is 0. The number of carboxylic acids is 1. The molecule has 2 unspecified atom stereocenters. The number of fused-ring (bicyclic) bond motifs is 2. The van der Waals surface area contributed by atoms with Gasteiger partial charge in [-0.25, -0.2) is 4.39 Å². The van der Waals surface area contributed by atoms with E-state index < -0.39 is 29.5 Å². The lowest BCUT2D eigenvalue weighted by atomic mass is 9.82. The minimum atomic E-state index is -0.961. The molecule has 2 bridgehead atoms. The molecule has 1 fully saturated rings. The van der Waals surface area contributed by atoms with Gasteiger partial charge in [0.2, 0.25) is 5.91 Å². The molecule has 2 N–H and O–H groups in total. The molecule has 4 atom stereocenters. The number of carbonyl (C=O) groups excluding carboxylic acids is 1. The quantitative estimate of drug-likeness (QED) is 0.841. The third-order valence-corrected chi connectivity index (χ3v) is 4.43. The van der Waals surface area contributed by atoms with Gasteiger partial charge >= 0.3 is 5.97 Å². The Morgan fingerprint density at radius 3 is 2.57 bits per heavy atom. The van der Waals surface area contributed by atoms with Crippen LogP contribution in [0.5, 0.6) is 0 Å². The lowest BCUT2D eigenvalue weighted by Crippen LogP contribution is -2.36. The van der Waals surface area contributed by atoms with Crippen LogP contribution in [0.15, 0.2) is 30.4 Å². The van der Waals surface area contributed by atoms with Gasteiger partial charge in [-0.3, -0.25) is 9.59 Å². The average Bonchev–Trinajstić information content (AvgIpc) is 3.03. The van der Waals surface area contributed by atoms with Crippen molar-refractivity contribution in [3.8, 4) is 0 Å². The van der Waals surface area contributed by atoms with E-state index in [1.807, 2.05) is 12.2 Å². The first-order valence-electron chi connectivity index (χ1n) is 6.95. The van der Waals surface area contributed by atoms with Crippen LogP contribution in [0.25, 0.3) is 0 Å². The van der Waals surface area contributed by atoms with Crippen molar-refractivity contribution in [3.05, 3.63) is 41.7 Å². The molecule has 1 saturated carbocycles. The van der Waals surface area contributed by atoms with Crippen LogP contribution in [0.1, 0.15) is 12.0 Å². The van der Waals surface area contributed by atoms with Crippen molar-refractivity contribution in [3.63, 3.8) is 0 Å². The number of benzene rings is 1. The molecule has 0 heterocycles. The van der Waals surface area contributed by atoms with E-state index in [0.717, 1.165) is 5.56 Å². The number of carboxylic acid groups (broad SMARTS) is 1. The first-order chi connectivity index (χ1) is 9.97. The zero-order chi connectivity index (χ0) is 15.1. The maximum Gasteiger partial charge on any atom is 0.307 e. The van der Waals surface area contributed by atoms with Gasteiger partial charge in [0.05, 0.1) is 17.5 Å².